The summed E-state index contributed by atoms with van der Waals surface area (Å²) in [6.45, 7) is 6.45. The van der Waals surface area contributed by atoms with E-state index in [4.69, 9.17) is 9.15 Å². The minimum Gasteiger partial charge on any atom is -0.465 e. The lowest BCUT2D eigenvalue weighted by molar-refractivity contribution is -0.120. The molecule has 0 aliphatic carbocycles. The molecule has 1 aliphatic rings. The molecule has 1 aromatic heterocycles. The predicted octanol–water partition coefficient (Wildman–Crippen LogP) is 1.85. The number of carbonyl (C=O) groups is 1. The first kappa shape index (κ1) is 22.3. The number of morpholine rings is 1. The first-order valence-electron chi connectivity index (χ1n) is 9.94. The molecule has 1 fully saturated rings. The molecule has 0 spiro atoms. The summed E-state index contributed by atoms with van der Waals surface area (Å²) in [5, 5.41) is 2.89. The maximum atomic E-state index is 12.7. The number of nitrogens with zero attached hydrogens (tertiary/aromatic N) is 2. The van der Waals surface area contributed by atoms with E-state index in [1.807, 2.05) is 38.1 Å². The van der Waals surface area contributed by atoms with Gasteiger partial charge in [0.1, 0.15) is 18.1 Å². The molecule has 0 radical (unpaired) electrons. The zero-order valence-electron chi connectivity index (χ0n) is 17.6. The van der Waals surface area contributed by atoms with E-state index < -0.39 is 10.0 Å². The predicted molar refractivity (Wildman–Crippen MR) is 115 cm³/mol. The molecule has 0 saturated carbocycles. The number of rotatable bonds is 8. The third-order valence-electron chi connectivity index (χ3n) is 5.14. The van der Waals surface area contributed by atoms with Crippen LogP contribution in [-0.4, -0.2) is 64.9 Å². The molecular formula is C21H29N3O5S. The lowest BCUT2D eigenvalue weighted by Gasteiger charge is -2.33. The third-order valence-corrected chi connectivity index (χ3v) is 6.27. The van der Waals surface area contributed by atoms with Crippen LogP contribution in [0.3, 0.4) is 0 Å². The fourth-order valence-electron chi connectivity index (χ4n) is 3.55. The minimum atomic E-state index is -3.62. The van der Waals surface area contributed by atoms with Gasteiger partial charge >= 0.3 is 0 Å². The first-order valence-corrected chi connectivity index (χ1v) is 11.8. The van der Waals surface area contributed by atoms with E-state index in [1.54, 1.807) is 12.1 Å². The second kappa shape index (κ2) is 9.63. The Morgan fingerprint density at radius 2 is 1.87 bits per heavy atom. The Balaban J connectivity index is 1.71. The topological polar surface area (TPSA) is 92.1 Å². The van der Waals surface area contributed by atoms with E-state index in [-0.39, 0.29) is 18.5 Å². The molecule has 1 atom stereocenters. The number of nitrogens with one attached hydrogen (secondary N) is 1. The molecule has 0 bridgehead atoms. The number of para-hydroxylation sites is 1. The van der Waals surface area contributed by atoms with Gasteiger partial charge in [0.2, 0.25) is 15.9 Å². The Kier molecular flexibility index (Phi) is 7.17. The molecule has 8 nitrogen and oxygen atoms in total. The summed E-state index contributed by atoms with van der Waals surface area (Å²) in [5.41, 5.74) is 1.29. The fourth-order valence-corrected chi connectivity index (χ4v) is 4.47. The summed E-state index contributed by atoms with van der Waals surface area (Å²) in [6, 6.07) is 10.8. The van der Waals surface area contributed by atoms with Crippen molar-refractivity contribution in [1.82, 2.24) is 10.2 Å². The van der Waals surface area contributed by atoms with E-state index in [9.17, 15) is 13.2 Å². The van der Waals surface area contributed by atoms with Crippen molar-refractivity contribution < 1.29 is 22.4 Å². The van der Waals surface area contributed by atoms with Crippen molar-refractivity contribution >= 4 is 21.6 Å². The van der Waals surface area contributed by atoms with E-state index >= 15 is 0 Å². The Bertz CT molecular complexity index is 967. The standard InChI is InChI=1S/C21H29N3O5S/c1-16-6-4-5-7-18(16)24(30(3,26)27)15-21(25)22-14-19(20-9-8-17(2)29-20)23-10-12-28-13-11-23/h4-9,19H,10-15H2,1-3H3,(H,22,25). The quantitative estimate of drug-likeness (QED) is 0.680. The number of ether oxygens (including phenoxy) is 1. The van der Waals surface area contributed by atoms with Gasteiger partial charge in [0.15, 0.2) is 0 Å². The van der Waals surface area contributed by atoms with Crippen molar-refractivity contribution in [3.8, 4) is 0 Å². The van der Waals surface area contributed by atoms with Gasteiger partial charge in [0.05, 0.1) is 31.2 Å². The zero-order valence-corrected chi connectivity index (χ0v) is 18.4. The number of furan rings is 1. The molecule has 2 aromatic rings. The smallest absolute Gasteiger partial charge is 0.240 e. The van der Waals surface area contributed by atoms with E-state index in [2.05, 4.69) is 10.2 Å². The number of anilines is 1. The van der Waals surface area contributed by atoms with Crippen molar-refractivity contribution in [2.75, 3.05) is 50.0 Å². The highest BCUT2D eigenvalue weighted by molar-refractivity contribution is 7.92. The van der Waals surface area contributed by atoms with Crippen LogP contribution in [0.1, 0.15) is 23.1 Å². The van der Waals surface area contributed by atoms with Crippen LogP contribution in [0.2, 0.25) is 0 Å². The fraction of sp³-hybridized carbons (Fsp3) is 0.476. The molecule has 2 heterocycles. The summed E-state index contributed by atoms with van der Waals surface area (Å²) in [7, 11) is -3.62. The molecule has 1 aromatic carbocycles. The number of sulfonamides is 1. The summed E-state index contributed by atoms with van der Waals surface area (Å²) < 4.78 is 37.1. The van der Waals surface area contributed by atoms with Gasteiger partial charge in [-0.15, -0.1) is 0 Å². The second-order valence-corrected chi connectivity index (χ2v) is 9.38. The van der Waals surface area contributed by atoms with Crippen LogP contribution in [0.5, 0.6) is 0 Å². The van der Waals surface area contributed by atoms with Crippen LogP contribution >= 0.6 is 0 Å². The lowest BCUT2D eigenvalue weighted by atomic mass is 10.1. The van der Waals surface area contributed by atoms with Gasteiger partial charge in [-0.1, -0.05) is 18.2 Å². The van der Waals surface area contributed by atoms with E-state index in [1.165, 1.54) is 0 Å². The molecule has 1 aliphatic heterocycles. The summed E-state index contributed by atoms with van der Waals surface area (Å²) in [4.78, 5) is 14.9. The molecule has 1 saturated heterocycles. The van der Waals surface area contributed by atoms with Crippen LogP contribution in [0, 0.1) is 13.8 Å². The number of hydrogen-bond donors (Lipinski definition) is 1. The molecule has 1 amide bonds. The van der Waals surface area contributed by atoms with Crippen molar-refractivity contribution in [3.63, 3.8) is 0 Å². The van der Waals surface area contributed by atoms with Crippen LogP contribution in [-0.2, 0) is 19.6 Å². The summed E-state index contributed by atoms with van der Waals surface area (Å²) in [5.74, 6) is 1.20. The normalized spacial score (nSPS) is 16.2. The van der Waals surface area contributed by atoms with Gasteiger partial charge in [-0.2, -0.15) is 0 Å². The molecule has 30 heavy (non-hydrogen) atoms. The van der Waals surface area contributed by atoms with Crippen molar-refractivity contribution in [1.29, 1.82) is 0 Å². The number of hydrogen-bond acceptors (Lipinski definition) is 6. The van der Waals surface area contributed by atoms with Gasteiger partial charge in [0.25, 0.3) is 0 Å². The van der Waals surface area contributed by atoms with Crippen LogP contribution in [0.25, 0.3) is 0 Å². The van der Waals surface area contributed by atoms with Gasteiger partial charge in [-0.05, 0) is 37.6 Å². The van der Waals surface area contributed by atoms with Crippen LogP contribution < -0.4 is 9.62 Å². The Morgan fingerprint density at radius 3 is 2.47 bits per heavy atom. The number of amides is 1. The van der Waals surface area contributed by atoms with Crippen LogP contribution in [0.4, 0.5) is 5.69 Å². The number of benzene rings is 1. The largest absolute Gasteiger partial charge is 0.465 e. The molecule has 9 heteroatoms. The number of aryl methyl sites for hydroxylation is 2. The van der Waals surface area contributed by atoms with Gasteiger partial charge in [-0.3, -0.25) is 14.0 Å². The highest BCUT2D eigenvalue weighted by atomic mass is 32.2. The second-order valence-electron chi connectivity index (χ2n) is 7.47. The molecule has 164 valence electrons. The minimum absolute atomic E-state index is 0.142. The first-order chi connectivity index (χ1) is 14.3. The SMILES string of the molecule is Cc1ccc(C(CNC(=O)CN(c2ccccc2C)S(C)(=O)=O)N2CCOCC2)o1. The molecule has 1 N–H and O–H groups in total. The highest BCUT2D eigenvalue weighted by Gasteiger charge is 2.27. The Morgan fingerprint density at radius 1 is 1.17 bits per heavy atom. The molecule has 3 rings (SSSR count). The Labute approximate surface area is 177 Å². The average Bonchev–Trinajstić information content (AvgIpc) is 3.13. The van der Waals surface area contributed by atoms with Crippen molar-refractivity contribution in [2.45, 2.75) is 19.9 Å². The van der Waals surface area contributed by atoms with E-state index in [0.717, 1.165) is 40.7 Å². The highest BCUT2D eigenvalue weighted by Crippen LogP contribution is 2.24. The average molecular weight is 436 g/mol. The third kappa shape index (κ3) is 5.62. The zero-order chi connectivity index (χ0) is 21.7. The Hall–Kier alpha value is -2.36. The maximum absolute atomic E-state index is 12.7. The molecule has 1 unspecified atom stereocenters. The lowest BCUT2D eigenvalue weighted by Crippen LogP contribution is -2.46. The monoisotopic (exact) mass is 435 g/mol. The summed E-state index contributed by atoms with van der Waals surface area (Å²) >= 11 is 0. The summed E-state index contributed by atoms with van der Waals surface area (Å²) in [6.07, 6.45) is 1.11. The van der Waals surface area contributed by atoms with Crippen molar-refractivity contribution in [2.24, 2.45) is 0 Å². The maximum Gasteiger partial charge on any atom is 0.240 e. The van der Waals surface area contributed by atoms with Gasteiger partial charge < -0.3 is 14.5 Å². The van der Waals surface area contributed by atoms with Crippen LogP contribution in [0.15, 0.2) is 40.8 Å². The van der Waals surface area contributed by atoms with Crippen molar-refractivity contribution in [3.05, 3.63) is 53.5 Å². The number of carbonyl (C=O) groups excluding carboxylic acids is 1. The van der Waals surface area contributed by atoms with Gasteiger partial charge in [0, 0.05) is 19.6 Å². The van der Waals surface area contributed by atoms with E-state index in [0.29, 0.717) is 25.4 Å². The molecular weight excluding hydrogens is 406 g/mol. The van der Waals surface area contributed by atoms with Gasteiger partial charge in [-0.25, -0.2) is 8.42 Å².